The molecule has 1 atom stereocenters. The molecule has 0 aliphatic heterocycles. The summed E-state index contributed by atoms with van der Waals surface area (Å²) in [6.07, 6.45) is 2.82. The van der Waals surface area contributed by atoms with Gasteiger partial charge in [0.05, 0.1) is 0 Å². The molecule has 1 N–H and O–H groups in total. The smallest absolute Gasteiger partial charge is 0.355 e. The molecule has 5 nitrogen and oxygen atoms in total. The Kier molecular flexibility index (Phi) is 5.57. The second-order valence-corrected chi connectivity index (χ2v) is 5.56. The Hall–Kier alpha value is -2.56. The van der Waals surface area contributed by atoms with Gasteiger partial charge in [0.2, 0.25) is 0 Å². The van der Waals surface area contributed by atoms with E-state index in [1.807, 2.05) is 24.3 Å². The van der Waals surface area contributed by atoms with Gasteiger partial charge in [-0.3, -0.25) is 4.79 Å². The molecule has 0 aliphatic carbocycles. The van der Waals surface area contributed by atoms with Gasteiger partial charge in [0, 0.05) is 18.9 Å². The number of nitrogens with one attached hydrogen (secondary N) is 1. The van der Waals surface area contributed by atoms with Gasteiger partial charge in [0.15, 0.2) is 6.61 Å². The monoisotopic (exact) mass is 314 g/mol. The van der Waals surface area contributed by atoms with Crippen molar-refractivity contribution in [2.75, 3.05) is 11.9 Å². The lowest BCUT2D eigenvalue weighted by molar-refractivity contribution is -0.119. The standard InChI is InChI=1S/C18H22N2O3/c1-4-13(2)14-7-9-15(10-8-14)19-17(21)12-23-18(22)16-6-5-11-20(16)3/h5-11,13H,4,12H2,1-3H3,(H,19,21). The lowest BCUT2D eigenvalue weighted by Gasteiger charge is -2.11. The molecule has 0 spiro atoms. The van der Waals surface area contributed by atoms with Gasteiger partial charge in [-0.25, -0.2) is 4.79 Å². The Morgan fingerprint density at radius 3 is 2.48 bits per heavy atom. The van der Waals surface area contributed by atoms with Crippen LogP contribution in [0.2, 0.25) is 0 Å². The van der Waals surface area contributed by atoms with Gasteiger partial charge < -0.3 is 14.6 Å². The van der Waals surface area contributed by atoms with E-state index in [9.17, 15) is 9.59 Å². The highest BCUT2D eigenvalue weighted by Gasteiger charge is 2.12. The number of aryl methyl sites for hydroxylation is 1. The molecule has 0 aliphatic rings. The summed E-state index contributed by atoms with van der Waals surface area (Å²) in [5, 5.41) is 2.72. The van der Waals surface area contributed by atoms with Gasteiger partial charge >= 0.3 is 5.97 Å². The Labute approximate surface area is 136 Å². The molecule has 1 unspecified atom stereocenters. The number of anilines is 1. The molecule has 2 aromatic rings. The first-order valence-corrected chi connectivity index (χ1v) is 7.69. The van der Waals surface area contributed by atoms with Crippen molar-refractivity contribution in [3.63, 3.8) is 0 Å². The maximum Gasteiger partial charge on any atom is 0.355 e. The van der Waals surface area contributed by atoms with Crippen LogP contribution < -0.4 is 5.32 Å². The van der Waals surface area contributed by atoms with E-state index >= 15 is 0 Å². The van der Waals surface area contributed by atoms with Crippen molar-refractivity contribution in [3.05, 3.63) is 53.9 Å². The number of carbonyl (C=O) groups is 2. The Bertz CT molecular complexity index is 674. The highest BCUT2D eigenvalue weighted by Crippen LogP contribution is 2.20. The van der Waals surface area contributed by atoms with Crippen molar-refractivity contribution < 1.29 is 14.3 Å². The van der Waals surface area contributed by atoms with E-state index in [0.29, 0.717) is 17.3 Å². The van der Waals surface area contributed by atoms with Crippen LogP contribution >= 0.6 is 0 Å². The van der Waals surface area contributed by atoms with E-state index in [-0.39, 0.29) is 12.5 Å². The molecule has 0 bridgehead atoms. The normalized spacial score (nSPS) is 11.8. The number of benzene rings is 1. The van der Waals surface area contributed by atoms with Gasteiger partial charge in [0.25, 0.3) is 5.91 Å². The van der Waals surface area contributed by atoms with Gasteiger partial charge in [-0.2, -0.15) is 0 Å². The van der Waals surface area contributed by atoms with Crippen molar-refractivity contribution in [1.29, 1.82) is 0 Å². The molecule has 1 aromatic carbocycles. The summed E-state index contributed by atoms with van der Waals surface area (Å²) < 4.78 is 6.66. The van der Waals surface area contributed by atoms with Crippen LogP contribution in [0.25, 0.3) is 0 Å². The molecule has 1 amide bonds. The number of nitrogens with zero attached hydrogens (tertiary/aromatic N) is 1. The van der Waals surface area contributed by atoms with Crippen molar-refractivity contribution in [2.24, 2.45) is 7.05 Å². The molecule has 122 valence electrons. The first-order chi connectivity index (χ1) is 11.0. The lowest BCUT2D eigenvalue weighted by atomic mass is 9.99. The Balaban J connectivity index is 1.85. The second kappa shape index (κ2) is 7.63. The minimum Gasteiger partial charge on any atom is -0.451 e. The summed E-state index contributed by atoms with van der Waals surface area (Å²) in [5.41, 5.74) is 2.34. The first kappa shape index (κ1) is 16.8. The zero-order valence-corrected chi connectivity index (χ0v) is 13.7. The average molecular weight is 314 g/mol. The highest BCUT2D eigenvalue weighted by atomic mass is 16.5. The van der Waals surface area contributed by atoms with E-state index < -0.39 is 5.97 Å². The maximum atomic E-state index is 11.9. The molecule has 2 rings (SSSR count). The summed E-state index contributed by atoms with van der Waals surface area (Å²) in [7, 11) is 1.75. The predicted octanol–water partition coefficient (Wildman–Crippen LogP) is 3.33. The van der Waals surface area contributed by atoms with E-state index in [4.69, 9.17) is 4.74 Å². The lowest BCUT2D eigenvalue weighted by Crippen LogP contribution is -2.21. The third-order valence-electron chi connectivity index (χ3n) is 3.86. The zero-order chi connectivity index (χ0) is 16.8. The van der Waals surface area contributed by atoms with E-state index in [2.05, 4.69) is 19.2 Å². The predicted molar refractivity (Wildman–Crippen MR) is 89.5 cm³/mol. The summed E-state index contributed by atoms with van der Waals surface area (Å²) in [4.78, 5) is 23.7. The van der Waals surface area contributed by atoms with Crippen molar-refractivity contribution in [1.82, 2.24) is 4.57 Å². The summed E-state index contributed by atoms with van der Waals surface area (Å²) >= 11 is 0. The van der Waals surface area contributed by atoms with Crippen LogP contribution in [-0.2, 0) is 16.6 Å². The fourth-order valence-electron chi connectivity index (χ4n) is 2.21. The zero-order valence-electron chi connectivity index (χ0n) is 13.7. The molecule has 0 saturated carbocycles. The van der Waals surface area contributed by atoms with E-state index in [1.54, 1.807) is 29.9 Å². The number of hydrogen-bond donors (Lipinski definition) is 1. The third kappa shape index (κ3) is 4.45. The molecule has 1 aromatic heterocycles. The fraction of sp³-hybridized carbons (Fsp3) is 0.333. The minimum atomic E-state index is -0.514. The van der Waals surface area contributed by atoms with Gasteiger partial charge in [-0.05, 0) is 42.2 Å². The molecule has 1 heterocycles. The van der Waals surface area contributed by atoms with Crippen molar-refractivity contribution >= 4 is 17.6 Å². The molecule has 0 fully saturated rings. The number of hydrogen-bond acceptors (Lipinski definition) is 3. The first-order valence-electron chi connectivity index (χ1n) is 7.69. The highest BCUT2D eigenvalue weighted by molar-refractivity contribution is 5.94. The number of amides is 1. The topological polar surface area (TPSA) is 60.3 Å². The van der Waals surface area contributed by atoms with Crippen molar-refractivity contribution in [3.8, 4) is 0 Å². The van der Waals surface area contributed by atoms with Crippen LogP contribution in [0.15, 0.2) is 42.6 Å². The van der Waals surface area contributed by atoms with E-state index in [0.717, 1.165) is 6.42 Å². The molecule has 0 saturated heterocycles. The molecule has 0 radical (unpaired) electrons. The number of aromatic nitrogens is 1. The van der Waals surface area contributed by atoms with Crippen LogP contribution in [0.3, 0.4) is 0 Å². The maximum absolute atomic E-state index is 11.9. The quantitative estimate of drug-likeness (QED) is 0.832. The van der Waals surface area contributed by atoms with Gasteiger partial charge in [-0.15, -0.1) is 0 Å². The Morgan fingerprint density at radius 1 is 1.22 bits per heavy atom. The van der Waals surface area contributed by atoms with Crippen LogP contribution in [0.1, 0.15) is 42.2 Å². The van der Waals surface area contributed by atoms with Gasteiger partial charge in [0.1, 0.15) is 5.69 Å². The second-order valence-electron chi connectivity index (χ2n) is 5.56. The van der Waals surface area contributed by atoms with Crippen LogP contribution in [0.5, 0.6) is 0 Å². The summed E-state index contributed by atoms with van der Waals surface area (Å²) in [6.45, 7) is 4.00. The Morgan fingerprint density at radius 2 is 1.91 bits per heavy atom. The van der Waals surface area contributed by atoms with Crippen LogP contribution in [0, 0.1) is 0 Å². The van der Waals surface area contributed by atoms with Crippen molar-refractivity contribution in [2.45, 2.75) is 26.2 Å². The van der Waals surface area contributed by atoms with Crippen LogP contribution in [0.4, 0.5) is 5.69 Å². The molecular weight excluding hydrogens is 292 g/mol. The number of ether oxygens (including phenoxy) is 1. The van der Waals surface area contributed by atoms with Crippen LogP contribution in [-0.4, -0.2) is 23.1 Å². The summed E-state index contributed by atoms with van der Waals surface area (Å²) in [5.74, 6) is -0.380. The minimum absolute atomic E-state index is 0.308. The molecular formula is C18H22N2O3. The molecule has 5 heteroatoms. The number of esters is 1. The number of carbonyl (C=O) groups excluding carboxylic acids is 2. The molecule has 23 heavy (non-hydrogen) atoms. The fourth-order valence-corrected chi connectivity index (χ4v) is 2.21. The number of rotatable bonds is 6. The van der Waals surface area contributed by atoms with Gasteiger partial charge in [-0.1, -0.05) is 26.0 Å². The SMILES string of the molecule is CCC(C)c1ccc(NC(=O)COC(=O)c2cccn2C)cc1. The summed E-state index contributed by atoms with van der Waals surface area (Å²) in [6, 6.07) is 11.1. The largest absolute Gasteiger partial charge is 0.451 e. The third-order valence-corrected chi connectivity index (χ3v) is 3.86. The van der Waals surface area contributed by atoms with E-state index in [1.165, 1.54) is 5.56 Å². The average Bonchev–Trinajstić information content (AvgIpc) is 2.98.